The van der Waals surface area contributed by atoms with E-state index in [9.17, 15) is 19.2 Å². The third kappa shape index (κ3) is 8.23. The molecule has 40 heavy (non-hydrogen) atoms. The first-order chi connectivity index (χ1) is 18.9. The average Bonchev–Trinajstić information content (AvgIpc) is 3.53. The first-order valence-electron chi connectivity index (χ1n) is 12.3. The van der Waals surface area contributed by atoms with E-state index in [0.717, 1.165) is 22.7 Å². The van der Waals surface area contributed by atoms with Crippen molar-refractivity contribution in [3.8, 4) is 11.5 Å². The van der Waals surface area contributed by atoms with Gasteiger partial charge in [0.05, 0.1) is 31.7 Å². The molecule has 2 N–H and O–H groups in total. The molecular weight excluding hydrogens is 560 g/mol. The third-order valence-electron chi connectivity index (χ3n) is 4.84. The predicted molar refractivity (Wildman–Crippen MR) is 150 cm³/mol. The Morgan fingerprint density at radius 1 is 0.850 bits per heavy atom. The molecule has 2 heterocycles. The Kier molecular flexibility index (Phi) is 10.2. The number of hydrogen-bond acceptors (Lipinski definition) is 12. The number of benzene rings is 1. The summed E-state index contributed by atoms with van der Waals surface area (Å²) >= 11 is 1.95. The monoisotopic (exact) mass is 590 g/mol. The lowest BCUT2D eigenvalue weighted by Crippen LogP contribution is -2.42. The minimum atomic E-state index is -1.41. The van der Waals surface area contributed by atoms with E-state index < -0.39 is 29.4 Å². The van der Waals surface area contributed by atoms with E-state index in [-0.39, 0.29) is 50.6 Å². The van der Waals surface area contributed by atoms with Crippen LogP contribution in [0.5, 0.6) is 11.5 Å². The van der Waals surface area contributed by atoms with Gasteiger partial charge in [-0.25, -0.2) is 19.6 Å². The van der Waals surface area contributed by atoms with Crippen LogP contribution >= 0.6 is 22.7 Å². The van der Waals surface area contributed by atoms with E-state index in [2.05, 4.69) is 20.6 Å². The number of rotatable bonds is 12. The lowest BCUT2D eigenvalue weighted by Gasteiger charge is -2.25. The van der Waals surface area contributed by atoms with Gasteiger partial charge in [-0.2, -0.15) is 0 Å². The van der Waals surface area contributed by atoms with E-state index in [1.165, 1.54) is 24.5 Å². The molecule has 0 atom stereocenters. The van der Waals surface area contributed by atoms with Crippen LogP contribution in [-0.2, 0) is 14.3 Å². The fraction of sp³-hybridized carbons (Fsp3) is 0.385. The molecule has 0 spiro atoms. The minimum absolute atomic E-state index is 0.177. The van der Waals surface area contributed by atoms with Gasteiger partial charge in [0.1, 0.15) is 21.3 Å². The Hall–Kier alpha value is -4.04. The van der Waals surface area contributed by atoms with Crippen LogP contribution in [0.4, 0.5) is 10.3 Å². The molecule has 0 aliphatic carbocycles. The Morgan fingerprint density at radius 3 is 1.90 bits per heavy atom. The van der Waals surface area contributed by atoms with Crippen molar-refractivity contribution in [2.45, 2.75) is 53.2 Å². The second-order valence-corrected chi connectivity index (χ2v) is 10.9. The Morgan fingerprint density at radius 2 is 1.38 bits per heavy atom. The third-order valence-corrected chi connectivity index (χ3v) is 6.63. The van der Waals surface area contributed by atoms with Gasteiger partial charge < -0.3 is 18.9 Å². The fourth-order valence-corrected chi connectivity index (χ4v) is 4.53. The number of ether oxygens (including phenoxy) is 4. The van der Waals surface area contributed by atoms with Crippen molar-refractivity contribution in [2.75, 3.05) is 23.8 Å². The van der Waals surface area contributed by atoms with Crippen LogP contribution in [0, 0.1) is 0 Å². The summed E-state index contributed by atoms with van der Waals surface area (Å²) in [6, 6.07) is 4.55. The van der Waals surface area contributed by atoms with Gasteiger partial charge in [-0.3, -0.25) is 20.2 Å². The summed E-state index contributed by atoms with van der Waals surface area (Å²) in [5, 5.41) is 5.69. The predicted octanol–water partition coefficient (Wildman–Crippen LogP) is 4.79. The quantitative estimate of drug-likeness (QED) is 0.281. The molecule has 2 amide bonds. The van der Waals surface area contributed by atoms with Gasteiger partial charge in [-0.05, 0) is 53.7 Å². The van der Waals surface area contributed by atoms with Crippen molar-refractivity contribution in [3.05, 3.63) is 45.9 Å². The van der Waals surface area contributed by atoms with E-state index in [1.54, 1.807) is 33.8 Å². The molecule has 2 aromatic heterocycles. The van der Waals surface area contributed by atoms with Crippen molar-refractivity contribution in [1.29, 1.82) is 0 Å². The second-order valence-electron chi connectivity index (χ2n) is 8.88. The minimum Gasteiger partial charge on any atom is -0.491 e. The maximum Gasteiger partial charge on any atom is 0.350 e. The Bertz CT molecular complexity index is 1380. The van der Waals surface area contributed by atoms with Crippen LogP contribution in [0.3, 0.4) is 0 Å². The molecule has 0 saturated carbocycles. The van der Waals surface area contributed by atoms with Crippen LogP contribution in [0.2, 0.25) is 0 Å². The molecule has 3 rings (SSSR count). The summed E-state index contributed by atoms with van der Waals surface area (Å²) in [7, 11) is 0. The van der Waals surface area contributed by atoms with Crippen LogP contribution in [0.25, 0.3) is 0 Å². The number of anilines is 2. The molecule has 0 radical (unpaired) electrons. The molecule has 214 valence electrons. The fourth-order valence-electron chi connectivity index (χ4n) is 3.12. The number of nitrogens with zero attached hydrogens (tertiary/aromatic N) is 2. The molecule has 0 bridgehead atoms. The first kappa shape index (κ1) is 30.5. The number of thiazole rings is 2. The van der Waals surface area contributed by atoms with Gasteiger partial charge in [0.25, 0.3) is 11.8 Å². The summed E-state index contributed by atoms with van der Waals surface area (Å²) < 4.78 is 21.7. The van der Waals surface area contributed by atoms with Crippen molar-refractivity contribution in [2.24, 2.45) is 0 Å². The SMILES string of the molecule is CCOC(=O)c1cnc(NC(=O)c2cc(OC(C)C)cc(OC(C)(C)C(=O)Nc3ncc(C(=O)OCC)s3)c2)s1. The van der Waals surface area contributed by atoms with Crippen LogP contribution in [0.1, 0.15) is 71.2 Å². The number of nitrogens with one attached hydrogen (secondary N) is 2. The van der Waals surface area contributed by atoms with Crippen molar-refractivity contribution in [3.63, 3.8) is 0 Å². The van der Waals surface area contributed by atoms with Crippen molar-refractivity contribution >= 4 is 56.7 Å². The maximum absolute atomic E-state index is 13.1. The van der Waals surface area contributed by atoms with E-state index in [1.807, 2.05) is 13.8 Å². The molecule has 0 aliphatic heterocycles. The maximum atomic E-state index is 13.1. The molecule has 0 fully saturated rings. The summed E-state index contributed by atoms with van der Waals surface area (Å²) in [6.07, 6.45) is 2.44. The summed E-state index contributed by atoms with van der Waals surface area (Å²) in [5.41, 5.74) is -1.24. The molecule has 0 aliphatic rings. The number of hydrogen-bond donors (Lipinski definition) is 2. The first-order valence-corrected chi connectivity index (χ1v) is 13.9. The van der Waals surface area contributed by atoms with Crippen LogP contribution in [-0.4, -0.2) is 58.6 Å². The lowest BCUT2D eigenvalue weighted by molar-refractivity contribution is -0.128. The molecular formula is C26H30N4O8S2. The number of carbonyl (C=O) groups excluding carboxylic acids is 4. The van der Waals surface area contributed by atoms with Gasteiger partial charge in [-0.1, -0.05) is 22.7 Å². The summed E-state index contributed by atoms with van der Waals surface area (Å²) in [4.78, 5) is 58.5. The Labute approximate surface area is 239 Å². The summed E-state index contributed by atoms with van der Waals surface area (Å²) in [6.45, 7) is 10.6. The molecule has 1 aromatic carbocycles. The lowest BCUT2D eigenvalue weighted by atomic mass is 10.1. The number of aromatic nitrogens is 2. The van der Waals surface area contributed by atoms with Crippen molar-refractivity contribution < 1.29 is 38.1 Å². The zero-order chi connectivity index (χ0) is 29.4. The standard InChI is InChI=1S/C26H30N4O8S2/c1-7-35-21(32)18-12-27-24(39-18)29-20(31)15-9-16(37-14(3)4)11-17(10-15)38-26(5,6)23(34)30-25-28-13-19(40-25)22(33)36-8-2/h9-14H,7-8H2,1-6H3,(H,27,29,31)(H,28,30,34). The average molecular weight is 591 g/mol. The number of carbonyl (C=O) groups is 4. The largest absolute Gasteiger partial charge is 0.491 e. The topological polar surface area (TPSA) is 155 Å². The second kappa shape index (κ2) is 13.3. The Balaban J connectivity index is 1.77. The van der Waals surface area contributed by atoms with Gasteiger partial charge in [0.15, 0.2) is 15.9 Å². The van der Waals surface area contributed by atoms with E-state index >= 15 is 0 Å². The molecule has 14 heteroatoms. The molecule has 0 saturated heterocycles. The van der Waals surface area contributed by atoms with E-state index in [0.29, 0.717) is 5.75 Å². The molecule has 0 unspecified atom stereocenters. The number of amides is 2. The van der Waals surface area contributed by atoms with Gasteiger partial charge in [0.2, 0.25) is 0 Å². The summed E-state index contributed by atoms with van der Waals surface area (Å²) in [5.74, 6) is -1.58. The molecule has 12 nitrogen and oxygen atoms in total. The smallest absolute Gasteiger partial charge is 0.350 e. The highest BCUT2D eigenvalue weighted by Crippen LogP contribution is 2.29. The number of esters is 2. The zero-order valence-corrected chi connectivity index (χ0v) is 24.5. The van der Waals surface area contributed by atoms with Crippen LogP contribution < -0.4 is 20.1 Å². The molecule has 3 aromatic rings. The highest BCUT2D eigenvalue weighted by molar-refractivity contribution is 7.17. The highest BCUT2D eigenvalue weighted by atomic mass is 32.1. The zero-order valence-electron chi connectivity index (χ0n) is 22.9. The van der Waals surface area contributed by atoms with Gasteiger partial charge in [0, 0.05) is 11.6 Å². The van der Waals surface area contributed by atoms with Gasteiger partial charge >= 0.3 is 11.9 Å². The highest BCUT2D eigenvalue weighted by Gasteiger charge is 2.32. The van der Waals surface area contributed by atoms with Crippen molar-refractivity contribution in [1.82, 2.24) is 9.97 Å². The van der Waals surface area contributed by atoms with Crippen LogP contribution in [0.15, 0.2) is 30.6 Å². The van der Waals surface area contributed by atoms with E-state index in [4.69, 9.17) is 18.9 Å². The normalized spacial score (nSPS) is 11.1. The van der Waals surface area contributed by atoms with Gasteiger partial charge in [-0.15, -0.1) is 0 Å².